The largest absolute Gasteiger partial charge is 0.484 e. The molecule has 3 aromatic carbocycles. The molecule has 0 saturated carbocycles. The second-order valence-corrected chi connectivity index (χ2v) is 12.4. The summed E-state index contributed by atoms with van der Waals surface area (Å²) in [4.78, 5) is 36.3. The monoisotopic (exact) mass is 602 g/mol. The number of hydrogen-bond acceptors (Lipinski definition) is 5. The number of rotatable bonds is 7. The first-order valence-corrected chi connectivity index (χ1v) is 15.7. The fourth-order valence-corrected chi connectivity index (χ4v) is 6.20. The van der Waals surface area contributed by atoms with E-state index < -0.39 is 0 Å². The van der Waals surface area contributed by atoms with Crippen molar-refractivity contribution >= 4 is 29.1 Å². The van der Waals surface area contributed by atoms with E-state index in [1.54, 1.807) is 0 Å². The van der Waals surface area contributed by atoms with Gasteiger partial charge in [0.25, 0.3) is 5.91 Å². The van der Waals surface area contributed by atoms with Crippen LogP contribution < -0.4 is 9.64 Å². The van der Waals surface area contributed by atoms with Crippen LogP contribution in [0.2, 0.25) is 5.02 Å². The topological polar surface area (TPSA) is 56.3 Å². The standard InChI is InChI=1S/C35H43ClN4O3/c1-26(2)38-17-8-18-40(33(41)25-43-32-11-5-4-6-12-32)34-27(3)9-7-10-29(34)24-39(20-19-38)35(42)30-22-37(23-30)21-28-13-15-31(36)16-14-28/h4-7,9-16,26,30H,8,17-25H2,1-3H3. The molecule has 0 atom stereocenters. The number of para-hydroxylation sites is 2. The molecule has 2 aliphatic rings. The van der Waals surface area contributed by atoms with E-state index >= 15 is 0 Å². The lowest BCUT2D eigenvalue weighted by atomic mass is 9.96. The van der Waals surface area contributed by atoms with Gasteiger partial charge in [0, 0.05) is 63.4 Å². The second kappa shape index (κ2) is 14.4. The molecule has 228 valence electrons. The summed E-state index contributed by atoms with van der Waals surface area (Å²) < 4.78 is 5.88. The van der Waals surface area contributed by atoms with E-state index in [1.165, 1.54) is 5.56 Å². The Morgan fingerprint density at radius 2 is 1.65 bits per heavy atom. The number of anilines is 1. The molecular formula is C35H43ClN4O3. The number of amides is 2. The number of carbonyl (C=O) groups is 2. The molecule has 0 radical (unpaired) electrons. The highest BCUT2D eigenvalue weighted by atomic mass is 35.5. The molecule has 1 saturated heterocycles. The van der Waals surface area contributed by atoms with E-state index in [9.17, 15) is 9.59 Å². The van der Waals surface area contributed by atoms with Gasteiger partial charge in [0.15, 0.2) is 6.61 Å². The SMILES string of the molecule is Cc1cccc2c1N(C(=O)COc1ccccc1)CCCN(C(C)C)CCN(C(=O)C1CN(Cc3ccc(Cl)cc3)C1)C2. The van der Waals surface area contributed by atoms with Crippen LogP contribution in [0, 0.1) is 12.8 Å². The van der Waals surface area contributed by atoms with Crippen LogP contribution in [0.15, 0.2) is 72.8 Å². The average molecular weight is 603 g/mol. The van der Waals surface area contributed by atoms with Gasteiger partial charge in [0.2, 0.25) is 5.91 Å². The van der Waals surface area contributed by atoms with Gasteiger partial charge in [-0.1, -0.05) is 60.1 Å². The Kier molecular flexibility index (Phi) is 10.4. The van der Waals surface area contributed by atoms with Crippen molar-refractivity contribution in [2.24, 2.45) is 5.92 Å². The summed E-state index contributed by atoms with van der Waals surface area (Å²) in [5, 5.41) is 0.731. The zero-order chi connectivity index (χ0) is 30.3. The molecule has 2 amide bonds. The Balaban J connectivity index is 1.35. The molecule has 0 N–H and O–H groups in total. The fourth-order valence-electron chi connectivity index (χ4n) is 6.08. The Morgan fingerprint density at radius 1 is 0.907 bits per heavy atom. The molecule has 0 unspecified atom stereocenters. The van der Waals surface area contributed by atoms with Crippen molar-refractivity contribution in [1.82, 2.24) is 14.7 Å². The third-order valence-corrected chi connectivity index (χ3v) is 8.76. The highest BCUT2D eigenvalue weighted by Crippen LogP contribution is 2.30. The van der Waals surface area contributed by atoms with E-state index in [2.05, 4.69) is 29.7 Å². The second-order valence-electron chi connectivity index (χ2n) is 12.0. The number of hydrogen-bond donors (Lipinski definition) is 0. The van der Waals surface area contributed by atoms with Crippen molar-refractivity contribution in [3.63, 3.8) is 0 Å². The molecular weight excluding hydrogens is 560 g/mol. The van der Waals surface area contributed by atoms with Gasteiger partial charge < -0.3 is 14.5 Å². The maximum absolute atomic E-state index is 14.0. The van der Waals surface area contributed by atoms with Crippen LogP contribution in [0.1, 0.15) is 37.0 Å². The molecule has 2 heterocycles. The summed E-state index contributed by atoms with van der Waals surface area (Å²) >= 11 is 6.05. The molecule has 43 heavy (non-hydrogen) atoms. The average Bonchev–Trinajstić information content (AvgIpc) is 3.01. The minimum absolute atomic E-state index is 0.0322. The summed E-state index contributed by atoms with van der Waals surface area (Å²) in [5.74, 6) is 0.750. The van der Waals surface area contributed by atoms with E-state index in [1.807, 2.05) is 83.5 Å². The van der Waals surface area contributed by atoms with E-state index in [4.69, 9.17) is 16.3 Å². The number of aryl methyl sites for hydroxylation is 1. The lowest BCUT2D eigenvalue weighted by molar-refractivity contribution is -0.142. The van der Waals surface area contributed by atoms with Crippen molar-refractivity contribution < 1.29 is 14.3 Å². The minimum atomic E-state index is -0.0792. The van der Waals surface area contributed by atoms with Gasteiger partial charge >= 0.3 is 0 Å². The molecule has 0 aliphatic carbocycles. The van der Waals surface area contributed by atoms with Crippen LogP contribution in [-0.2, 0) is 22.7 Å². The first kappa shape index (κ1) is 31.0. The van der Waals surface area contributed by atoms with E-state index in [-0.39, 0.29) is 24.3 Å². The highest BCUT2D eigenvalue weighted by molar-refractivity contribution is 6.30. The molecule has 0 spiro atoms. The Hall–Kier alpha value is -3.39. The molecule has 0 bridgehead atoms. The number of nitrogens with zero attached hydrogens (tertiary/aromatic N) is 4. The maximum Gasteiger partial charge on any atom is 0.264 e. The molecule has 8 heteroatoms. The summed E-state index contributed by atoms with van der Waals surface area (Å²) in [5.41, 5.74) is 4.12. The fraction of sp³-hybridized carbons (Fsp3) is 0.429. The van der Waals surface area contributed by atoms with E-state index in [0.29, 0.717) is 31.4 Å². The Labute approximate surface area is 261 Å². The molecule has 1 fully saturated rings. The highest BCUT2D eigenvalue weighted by Gasteiger charge is 2.36. The summed E-state index contributed by atoms with van der Waals surface area (Å²) in [6.07, 6.45) is 0.833. The molecule has 0 aromatic heterocycles. The Morgan fingerprint density at radius 3 is 2.37 bits per heavy atom. The summed E-state index contributed by atoms with van der Waals surface area (Å²) in [6, 6.07) is 23.8. The molecule has 3 aromatic rings. The van der Waals surface area contributed by atoms with Gasteiger partial charge in [-0.3, -0.25) is 19.4 Å². The lowest BCUT2D eigenvalue weighted by Crippen LogP contribution is -2.54. The number of likely N-dealkylation sites (tertiary alicyclic amines) is 1. The number of ether oxygens (including phenoxy) is 1. The van der Waals surface area contributed by atoms with E-state index in [0.717, 1.165) is 61.0 Å². The smallest absolute Gasteiger partial charge is 0.264 e. The van der Waals surface area contributed by atoms with Gasteiger partial charge in [-0.25, -0.2) is 0 Å². The Bertz CT molecular complexity index is 1380. The lowest BCUT2D eigenvalue weighted by Gasteiger charge is -2.41. The first-order valence-electron chi connectivity index (χ1n) is 15.3. The predicted molar refractivity (Wildman–Crippen MR) is 172 cm³/mol. The summed E-state index contributed by atoms with van der Waals surface area (Å²) in [6.45, 7) is 12.1. The van der Waals surface area contributed by atoms with Crippen LogP contribution in [0.4, 0.5) is 5.69 Å². The number of benzene rings is 3. The quantitative estimate of drug-likeness (QED) is 0.351. The number of halogens is 1. The maximum atomic E-state index is 14.0. The van der Waals surface area contributed by atoms with Gasteiger partial charge in [0.1, 0.15) is 5.75 Å². The normalized spacial score (nSPS) is 17.2. The first-order chi connectivity index (χ1) is 20.8. The third kappa shape index (κ3) is 7.96. The molecule has 2 aliphatic heterocycles. The van der Waals surface area contributed by atoms with Crippen molar-refractivity contribution in [1.29, 1.82) is 0 Å². The van der Waals surface area contributed by atoms with Crippen LogP contribution in [0.3, 0.4) is 0 Å². The zero-order valence-electron chi connectivity index (χ0n) is 25.5. The summed E-state index contributed by atoms with van der Waals surface area (Å²) in [7, 11) is 0. The van der Waals surface area contributed by atoms with Crippen LogP contribution in [-0.4, -0.2) is 78.4 Å². The third-order valence-electron chi connectivity index (χ3n) is 8.51. The predicted octanol–water partition coefficient (Wildman–Crippen LogP) is 5.64. The van der Waals surface area contributed by atoms with Crippen molar-refractivity contribution in [3.8, 4) is 5.75 Å². The van der Waals surface area contributed by atoms with Crippen molar-refractivity contribution in [3.05, 3.63) is 94.5 Å². The van der Waals surface area contributed by atoms with Crippen LogP contribution in [0.5, 0.6) is 5.75 Å². The number of carbonyl (C=O) groups excluding carboxylic acids is 2. The molecule has 5 rings (SSSR count). The van der Waals surface area contributed by atoms with Gasteiger partial charge in [0.05, 0.1) is 11.6 Å². The van der Waals surface area contributed by atoms with Crippen LogP contribution >= 0.6 is 11.6 Å². The van der Waals surface area contributed by atoms with Gasteiger partial charge in [-0.05, 0) is 68.1 Å². The van der Waals surface area contributed by atoms with Gasteiger partial charge in [-0.15, -0.1) is 0 Å². The van der Waals surface area contributed by atoms with Crippen molar-refractivity contribution in [2.45, 2.75) is 46.3 Å². The van der Waals surface area contributed by atoms with Gasteiger partial charge in [-0.2, -0.15) is 0 Å². The van der Waals surface area contributed by atoms with Crippen LogP contribution in [0.25, 0.3) is 0 Å². The van der Waals surface area contributed by atoms with Crippen molar-refractivity contribution in [2.75, 3.05) is 50.8 Å². The minimum Gasteiger partial charge on any atom is -0.484 e. The zero-order valence-corrected chi connectivity index (χ0v) is 26.3. The number of fused-ring (bicyclic) bond motifs is 1. The molecule has 7 nitrogen and oxygen atoms in total.